The predicted octanol–water partition coefficient (Wildman–Crippen LogP) is 8.40. The van der Waals surface area contributed by atoms with Gasteiger partial charge in [0.05, 0.1) is 64.9 Å². The molecule has 0 aromatic heterocycles. The van der Waals surface area contributed by atoms with Crippen LogP contribution >= 0.6 is 11.6 Å². The van der Waals surface area contributed by atoms with E-state index in [1.807, 2.05) is 80.6 Å². The molecule has 12 heteroatoms. The molecule has 3 aromatic carbocycles. The molecule has 5 atom stereocenters. The smallest absolute Gasteiger partial charge is 0.309 e. The predicted molar refractivity (Wildman–Crippen MR) is 238 cm³/mol. The van der Waals surface area contributed by atoms with Gasteiger partial charge in [0, 0.05) is 11.5 Å². The Labute approximate surface area is 363 Å². The van der Waals surface area contributed by atoms with Gasteiger partial charge in [0.15, 0.2) is 17.3 Å². The van der Waals surface area contributed by atoms with Crippen LogP contribution in [0, 0.1) is 0 Å². The van der Waals surface area contributed by atoms with Crippen LogP contribution in [0.2, 0.25) is 5.04 Å². The molecule has 2 aliphatic rings. The van der Waals surface area contributed by atoms with E-state index in [1.54, 1.807) is 28.1 Å². The third kappa shape index (κ3) is 12.5. The van der Waals surface area contributed by atoms with Crippen molar-refractivity contribution >= 4 is 36.3 Å². The molecule has 0 radical (unpaired) electrons. The van der Waals surface area contributed by atoms with E-state index in [0.29, 0.717) is 61.0 Å². The van der Waals surface area contributed by atoms with Crippen LogP contribution in [-0.4, -0.2) is 89.2 Å². The third-order valence-electron chi connectivity index (χ3n) is 11.0. The van der Waals surface area contributed by atoms with Gasteiger partial charge in [0.25, 0.3) is 8.32 Å². The summed E-state index contributed by atoms with van der Waals surface area (Å²) in [7, 11) is 0.291. The highest BCUT2D eigenvalue weighted by atomic mass is 35.5. The zero-order chi connectivity index (χ0) is 43.5. The van der Waals surface area contributed by atoms with Crippen molar-refractivity contribution in [3.05, 3.63) is 107 Å². The zero-order valence-corrected chi connectivity index (χ0v) is 38.5. The maximum Gasteiger partial charge on any atom is 0.309 e. The highest BCUT2D eigenvalue weighted by Crippen LogP contribution is 2.38. The first kappa shape index (κ1) is 47.5. The van der Waals surface area contributed by atoms with E-state index in [0.717, 1.165) is 15.9 Å². The van der Waals surface area contributed by atoms with Gasteiger partial charge in [-0.05, 0) is 85.6 Å². The summed E-state index contributed by atoms with van der Waals surface area (Å²) in [5.74, 6) is 0.125. The van der Waals surface area contributed by atoms with E-state index in [9.17, 15) is 9.90 Å². The van der Waals surface area contributed by atoms with Gasteiger partial charge in [-0.2, -0.15) is 0 Å². The van der Waals surface area contributed by atoms with E-state index in [4.69, 9.17) is 49.2 Å². The average Bonchev–Trinajstić information content (AvgIpc) is 3.80. The van der Waals surface area contributed by atoms with Gasteiger partial charge < -0.3 is 42.7 Å². The SMILES string of the molecule is COc1ccc(CO[C@@H]2C[C@@H](CC/C(Cl)=C/C/C=C(/CO[Si](c3ccccc3)(c3ccccc3)C(C)(C)C)C(O)CC(=O)OC(C)C)O[C@@H]2[C@H]2COC(C)(C)O2)cc1OC. The Bertz CT molecular complexity index is 1840. The Morgan fingerprint density at radius 3 is 2.18 bits per heavy atom. The molecule has 328 valence electrons. The Hall–Kier alpha value is -3.52. The largest absolute Gasteiger partial charge is 0.493 e. The number of halogens is 1. The highest BCUT2D eigenvalue weighted by molar-refractivity contribution is 6.99. The topological polar surface area (TPSA) is 111 Å². The molecule has 1 N–H and O–H groups in total. The molecule has 0 saturated carbocycles. The van der Waals surface area contributed by atoms with Crippen LogP contribution < -0.4 is 19.8 Å². The molecular weight excluding hydrogens is 800 g/mol. The van der Waals surface area contributed by atoms with Gasteiger partial charge in [0.1, 0.15) is 12.2 Å². The number of esters is 1. The zero-order valence-electron chi connectivity index (χ0n) is 36.8. The minimum absolute atomic E-state index is 0.111. The number of hydrogen-bond acceptors (Lipinski definition) is 10. The molecule has 60 heavy (non-hydrogen) atoms. The molecule has 2 saturated heterocycles. The summed E-state index contributed by atoms with van der Waals surface area (Å²) in [5.41, 5.74) is 1.55. The minimum Gasteiger partial charge on any atom is -0.493 e. The molecule has 0 amide bonds. The number of methoxy groups -OCH3 is 2. The standard InChI is InChI=1S/C48H65ClO10Si/c1-33(2)57-45(51)29-40(50)35(31-56-60(47(3,4)5,38-19-12-10-13-20-38)39-21-14-11-15-22-39)17-16-18-36(49)24-25-37-28-43(46(58-37)44-32-55-48(6,7)59-44)54-30-34-23-26-41(52-8)42(27-34)53-9/h10-15,17-23,26-27,33,37,40,43-44,46,50H,16,24-25,28-32H2,1-9H3/b35-17-,36-18-/t37-,40?,43-,44-,46+/m1/s1. The van der Waals surface area contributed by atoms with E-state index in [-0.39, 0.29) is 48.6 Å². The summed E-state index contributed by atoms with van der Waals surface area (Å²) in [6.07, 6.45) is 3.72. The van der Waals surface area contributed by atoms with Crippen LogP contribution in [0.25, 0.3) is 0 Å². The Morgan fingerprint density at radius 1 is 0.967 bits per heavy atom. The minimum atomic E-state index is -2.94. The number of carbonyl (C=O) groups is 1. The van der Waals surface area contributed by atoms with Crippen LogP contribution in [-0.2, 0) is 39.5 Å². The third-order valence-corrected chi connectivity index (χ3v) is 16.3. The second-order valence-electron chi connectivity index (χ2n) is 17.3. The summed E-state index contributed by atoms with van der Waals surface area (Å²) in [6, 6.07) is 26.4. The van der Waals surface area contributed by atoms with Crippen LogP contribution in [0.4, 0.5) is 0 Å². The molecule has 0 spiro atoms. The van der Waals surface area contributed by atoms with Crippen molar-refractivity contribution in [3.8, 4) is 11.5 Å². The number of hydrogen-bond donors (Lipinski definition) is 1. The molecule has 1 unspecified atom stereocenters. The van der Waals surface area contributed by atoms with Gasteiger partial charge in [-0.3, -0.25) is 4.79 Å². The fraction of sp³-hybridized carbons (Fsp3) is 0.521. The number of carbonyl (C=O) groups excluding carboxylic acids is 1. The van der Waals surface area contributed by atoms with Crippen molar-refractivity contribution in [2.45, 2.75) is 135 Å². The summed E-state index contributed by atoms with van der Waals surface area (Å²) < 4.78 is 48.7. The fourth-order valence-corrected chi connectivity index (χ4v) is 12.8. The van der Waals surface area contributed by atoms with Gasteiger partial charge >= 0.3 is 5.97 Å². The maximum absolute atomic E-state index is 12.8. The van der Waals surface area contributed by atoms with Gasteiger partial charge in [-0.25, -0.2) is 0 Å². The lowest BCUT2D eigenvalue weighted by Gasteiger charge is -2.43. The van der Waals surface area contributed by atoms with Gasteiger partial charge in [-0.1, -0.05) is 111 Å². The molecule has 2 heterocycles. The van der Waals surface area contributed by atoms with Crippen molar-refractivity contribution in [2.75, 3.05) is 27.4 Å². The Balaban J connectivity index is 1.30. The summed E-state index contributed by atoms with van der Waals surface area (Å²) in [4.78, 5) is 12.8. The number of aliphatic hydroxyl groups excluding tert-OH is 1. The molecule has 10 nitrogen and oxygen atoms in total. The molecule has 0 aliphatic carbocycles. The first-order valence-electron chi connectivity index (χ1n) is 21.0. The van der Waals surface area contributed by atoms with Crippen molar-refractivity contribution in [2.24, 2.45) is 0 Å². The lowest BCUT2D eigenvalue weighted by atomic mass is 10.0. The van der Waals surface area contributed by atoms with Crippen molar-refractivity contribution in [1.29, 1.82) is 0 Å². The Kier molecular flexibility index (Phi) is 17.0. The van der Waals surface area contributed by atoms with Crippen LogP contribution in [0.15, 0.2) is 102 Å². The second kappa shape index (κ2) is 21.5. The number of ether oxygens (including phenoxy) is 7. The monoisotopic (exact) mass is 864 g/mol. The quantitative estimate of drug-likeness (QED) is 0.0676. The highest BCUT2D eigenvalue weighted by Gasteiger charge is 2.50. The fourth-order valence-electron chi connectivity index (χ4n) is 8.07. The van der Waals surface area contributed by atoms with E-state index < -0.39 is 26.2 Å². The summed E-state index contributed by atoms with van der Waals surface area (Å²) in [6.45, 7) is 14.9. The van der Waals surface area contributed by atoms with Gasteiger partial charge in [-0.15, -0.1) is 0 Å². The average molecular weight is 866 g/mol. The van der Waals surface area contributed by atoms with Crippen molar-refractivity contribution in [1.82, 2.24) is 0 Å². The molecule has 2 fully saturated rings. The van der Waals surface area contributed by atoms with Gasteiger partial charge in [0.2, 0.25) is 0 Å². The van der Waals surface area contributed by atoms with E-state index >= 15 is 0 Å². The first-order chi connectivity index (χ1) is 28.5. The number of allylic oxidation sites excluding steroid dienone is 3. The molecule has 3 aromatic rings. The normalized spacial score (nSPS) is 21.6. The first-order valence-corrected chi connectivity index (χ1v) is 23.3. The lowest BCUT2D eigenvalue weighted by Crippen LogP contribution is -2.66. The summed E-state index contributed by atoms with van der Waals surface area (Å²) in [5, 5.41) is 14.2. The van der Waals surface area contributed by atoms with Crippen LogP contribution in [0.5, 0.6) is 11.5 Å². The molecule has 5 rings (SSSR count). The second-order valence-corrected chi connectivity index (χ2v) is 22.1. The van der Waals surface area contributed by atoms with E-state index in [1.165, 1.54) is 0 Å². The van der Waals surface area contributed by atoms with E-state index in [2.05, 4.69) is 45.0 Å². The molecule has 2 aliphatic heterocycles. The maximum atomic E-state index is 12.8. The molecular formula is C48H65ClO10Si. The summed E-state index contributed by atoms with van der Waals surface area (Å²) >= 11 is 6.88. The molecule has 0 bridgehead atoms. The van der Waals surface area contributed by atoms with Crippen LogP contribution in [0.1, 0.15) is 86.1 Å². The van der Waals surface area contributed by atoms with Crippen molar-refractivity contribution in [3.63, 3.8) is 0 Å². The Morgan fingerprint density at radius 2 is 1.62 bits per heavy atom. The lowest BCUT2D eigenvalue weighted by molar-refractivity contribution is -0.165. The van der Waals surface area contributed by atoms with Crippen molar-refractivity contribution < 1.29 is 47.5 Å². The number of benzene rings is 3. The number of aliphatic hydroxyl groups is 1. The number of rotatable bonds is 20. The van der Waals surface area contributed by atoms with Crippen LogP contribution in [0.3, 0.4) is 0 Å².